The fraction of sp³-hybridized carbons (Fsp3) is 0.364. The molecule has 0 aliphatic carbocycles. The topological polar surface area (TPSA) is 46.5 Å². The molecule has 3 heteroatoms. The summed E-state index contributed by atoms with van der Waals surface area (Å²) in [5.74, 6) is -0.516. The SMILES string of the molecule is CC[C@H](C)OC(=O)c1ccccc1O. The van der Waals surface area contributed by atoms with Crippen molar-refractivity contribution in [3.05, 3.63) is 29.8 Å². The van der Waals surface area contributed by atoms with Crippen LogP contribution in [0.1, 0.15) is 30.6 Å². The van der Waals surface area contributed by atoms with Crippen molar-refractivity contribution >= 4 is 5.97 Å². The van der Waals surface area contributed by atoms with Gasteiger partial charge in [-0.1, -0.05) is 19.1 Å². The highest BCUT2D eigenvalue weighted by Gasteiger charge is 2.13. The molecule has 0 aromatic heterocycles. The summed E-state index contributed by atoms with van der Waals surface area (Å²) in [5.41, 5.74) is 0.216. The summed E-state index contributed by atoms with van der Waals surface area (Å²) in [6.45, 7) is 3.75. The maximum Gasteiger partial charge on any atom is 0.342 e. The van der Waals surface area contributed by atoms with E-state index < -0.39 is 5.97 Å². The molecule has 0 fully saturated rings. The van der Waals surface area contributed by atoms with Crippen LogP contribution in [0.5, 0.6) is 5.75 Å². The van der Waals surface area contributed by atoms with Crippen molar-refractivity contribution in [1.29, 1.82) is 0 Å². The van der Waals surface area contributed by atoms with E-state index in [-0.39, 0.29) is 17.4 Å². The molecule has 3 nitrogen and oxygen atoms in total. The van der Waals surface area contributed by atoms with Crippen LogP contribution in [-0.2, 0) is 4.74 Å². The van der Waals surface area contributed by atoms with Crippen molar-refractivity contribution in [3.63, 3.8) is 0 Å². The first-order chi connectivity index (χ1) is 6.65. The van der Waals surface area contributed by atoms with Crippen LogP contribution in [0, 0.1) is 0 Å². The molecule has 0 radical (unpaired) electrons. The van der Waals surface area contributed by atoms with Crippen LogP contribution >= 0.6 is 0 Å². The van der Waals surface area contributed by atoms with Gasteiger partial charge < -0.3 is 9.84 Å². The van der Waals surface area contributed by atoms with Gasteiger partial charge in [-0.3, -0.25) is 0 Å². The normalized spacial score (nSPS) is 12.1. The Morgan fingerprint density at radius 2 is 2.14 bits per heavy atom. The molecular formula is C11H14O3. The molecular weight excluding hydrogens is 180 g/mol. The van der Waals surface area contributed by atoms with Crippen LogP contribution in [0.4, 0.5) is 0 Å². The number of benzene rings is 1. The first-order valence-corrected chi connectivity index (χ1v) is 4.64. The Hall–Kier alpha value is -1.51. The fourth-order valence-corrected chi connectivity index (χ4v) is 0.976. The largest absolute Gasteiger partial charge is 0.507 e. The highest BCUT2D eigenvalue weighted by Crippen LogP contribution is 2.17. The Kier molecular flexibility index (Phi) is 3.51. The third-order valence-electron chi connectivity index (χ3n) is 2.01. The van der Waals surface area contributed by atoms with Gasteiger partial charge in [0.2, 0.25) is 0 Å². The third kappa shape index (κ3) is 2.49. The molecule has 0 heterocycles. The summed E-state index contributed by atoms with van der Waals surface area (Å²) < 4.78 is 5.07. The van der Waals surface area contributed by atoms with Gasteiger partial charge >= 0.3 is 5.97 Å². The van der Waals surface area contributed by atoms with E-state index >= 15 is 0 Å². The van der Waals surface area contributed by atoms with Crippen LogP contribution in [0.3, 0.4) is 0 Å². The maximum atomic E-state index is 11.5. The van der Waals surface area contributed by atoms with Gasteiger partial charge in [0, 0.05) is 0 Å². The van der Waals surface area contributed by atoms with Crippen molar-refractivity contribution in [1.82, 2.24) is 0 Å². The van der Waals surface area contributed by atoms with Crippen molar-refractivity contribution in [2.75, 3.05) is 0 Å². The van der Waals surface area contributed by atoms with E-state index in [4.69, 9.17) is 4.74 Å². The Bertz CT molecular complexity index is 320. The zero-order chi connectivity index (χ0) is 10.6. The molecule has 0 spiro atoms. The quantitative estimate of drug-likeness (QED) is 0.751. The van der Waals surface area contributed by atoms with Crippen LogP contribution < -0.4 is 0 Å². The van der Waals surface area contributed by atoms with Crippen LogP contribution in [0.25, 0.3) is 0 Å². The van der Waals surface area contributed by atoms with Gasteiger partial charge in [-0.05, 0) is 25.5 Å². The number of carbonyl (C=O) groups is 1. The number of hydrogen-bond donors (Lipinski definition) is 1. The summed E-state index contributed by atoms with van der Waals surface area (Å²) in [5, 5.41) is 9.37. The van der Waals surface area contributed by atoms with Crippen molar-refractivity contribution in [3.8, 4) is 5.75 Å². The number of hydrogen-bond acceptors (Lipinski definition) is 3. The second-order valence-electron chi connectivity index (χ2n) is 3.14. The van der Waals surface area contributed by atoms with Crippen molar-refractivity contribution in [2.24, 2.45) is 0 Å². The Balaban J connectivity index is 2.75. The van der Waals surface area contributed by atoms with E-state index in [1.54, 1.807) is 18.2 Å². The molecule has 0 saturated heterocycles. The number of ether oxygens (including phenoxy) is 1. The molecule has 1 aromatic carbocycles. The fourth-order valence-electron chi connectivity index (χ4n) is 0.976. The predicted molar refractivity (Wildman–Crippen MR) is 53.3 cm³/mol. The molecule has 0 aliphatic rings. The smallest absolute Gasteiger partial charge is 0.342 e. The summed E-state index contributed by atoms with van der Waals surface area (Å²) >= 11 is 0. The lowest BCUT2D eigenvalue weighted by molar-refractivity contribution is 0.0331. The van der Waals surface area contributed by atoms with Gasteiger partial charge in [-0.2, -0.15) is 0 Å². The van der Waals surface area contributed by atoms with E-state index in [9.17, 15) is 9.90 Å². The number of phenolic OH excluding ortho intramolecular Hbond substituents is 1. The molecule has 1 atom stereocenters. The molecule has 1 N–H and O–H groups in total. The lowest BCUT2D eigenvalue weighted by atomic mass is 10.2. The average Bonchev–Trinajstić information content (AvgIpc) is 2.18. The summed E-state index contributed by atoms with van der Waals surface area (Å²) in [4.78, 5) is 11.5. The number of rotatable bonds is 3. The highest BCUT2D eigenvalue weighted by atomic mass is 16.5. The average molecular weight is 194 g/mol. The van der Waals surface area contributed by atoms with E-state index in [0.717, 1.165) is 6.42 Å². The van der Waals surface area contributed by atoms with E-state index in [1.165, 1.54) is 6.07 Å². The minimum atomic E-state index is -0.475. The van der Waals surface area contributed by atoms with Crippen LogP contribution in [0.15, 0.2) is 24.3 Å². The second kappa shape index (κ2) is 4.65. The van der Waals surface area contributed by atoms with Crippen molar-refractivity contribution in [2.45, 2.75) is 26.4 Å². The molecule has 0 saturated carbocycles. The second-order valence-corrected chi connectivity index (χ2v) is 3.14. The summed E-state index contributed by atoms with van der Waals surface area (Å²) in [6, 6.07) is 6.36. The van der Waals surface area contributed by atoms with Gasteiger partial charge in [-0.15, -0.1) is 0 Å². The highest BCUT2D eigenvalue weighted by molar-refractivity contribution is 5.92. The molecule has 14 heavy (non-hydrogen) atoms. The zero-order valence-electron chi connectivity index (χ0n) is 8.36. The van der Waals surface area contributed by atoms with Gasteiger partial charge in [0.1, 0.15) is 11.3 Å². The van der Waals surface area contributed by atoms with Gasteiger partial charge in [0.15, 0.2) is 0 Å². The van der Waals surface area contributed by atoms with E-state index in [0.29, 0.717) is 0 Å². The summed E-state index contributed by atoms with van der Waals surface area (Å²) in [7, 11) is 0. The Morgan fingerprint density at radius 3 is 2.71 bits per heavy atom. The van der Waals surface area contributed by atoms with E-state index in [1.807, 2.05) is 13.8 Å². The molecule has 76 valence electrons. The minimum Gasteiger partial charge on any atom is -0.507 e. The lowest BCUT2D eigenvalue weighted by Crippen LogP contribution is -2.13. The molecule has 0 aliphatic heterocycles. The van der Waals surface area contributed by atoms with Crippen LogP contribution in [-0.4, -0.2) is 17.2 Å². The predicted octanol–water partition coefficient (Wildman–Crippen LogP) is 2.35. The first kappa shape index (κ1) is 10.6. The lowest BCUT2D eigenvalue weighted by Gasteiger charge is -2.11. The van der Waals surface area contributed by atoms with Gasteiger partial charge in [0.25, 0.3) is 0 Å². The van der Waals surface area contributed by atoms with Crippen molar-refractivity contribution < 1.29 is 14.6 Å². The molecule has 1 aromatic rings. The molecule has 0 bridgehead atoms. The van der Waals surface area contributed by atoms with E-state index in [2.05, 4.69) is 0 Å². The zero-order valence-corrected chi connectivity index (χ0v) is 8.36. The van der Waals surface area contributed by atoms with Gasteiger partial charge in [0.05, 0.1) is 6.10 Å². The minimum absolute atomic E-state index is 0.0409. The Labute approximate surface area is 83.3 Å². The van der Waals surface area contributed by atoms with Crippen LogP contribution in [0.2, 0.25) is 0 Å². The maximum absolute atomic E-state index is 11.5. The number of aromatic hydroxyl groups is 1. The first-order valence-electron chi connectivity index (χ1n) is 4.64. The van der Waals surface area contributed by atoms with Gasteiger partial charge in [-0.25, -0.2) is 4.79 Å². The summed E-state index contributed by atoms with van der Waals surface area (Å²) in [6.07, 6.45) is 0.640. The number of esters is 1. The Morgan fingerprint density at radius 1 is 1.50 bits per heavy atom. The number of para-hydroxylation sites is 1. The standard InChI is InChI=1S/C11H14O3/c1-3-8(2)14-11(13)9-6-4-5-7-10(9)12/h4-8,12H,3H2,1-2H3/t8-/m0/s1. The molecule has 0 amide bonds. The monoisotopic (exact) mass is 194 g/mol. The molecule has 0 unspecified atom stereocenters. The number of phenols is 1. The molecule has 1 rings (SSSR count). The number of carbonyl (C=O) groups excluding carboxylic acids is 1. The third-order valence-corrected chi connectivity index (χ3v) is 2.01.